The maximum atomic E-state index is 11.3. The van der Waals surface area contributed by atoms with E-state index < -0.39 is 5.97 Å². The molecule has 0 aliphatic carbocycles. The molecule has 0 radical (unpaired) electrons. The van der Waals surface area contributed by atoms with Gasteiger partial charge in [0.05, 0.1) is 10.6 Å². The lowest BCUT2D eigenvalue weighted by molar-refractivity contribution is -0.359. The normalized spacial score (nSPS) is 10.9. The number of anilines is 1. The molecule has 0 amide bonds. The molecule has 0 aliphatic rings. The Hall–Kier alpha value is -3.51. The molecule has 0 saturated heterocycles. The van der Waals surface area contributed by atoms with Gasteiger partial charge in [0.1, 0.15) is 5.75 Å². The number of carbonyl (C=O) groups is 1. The van der Waals surface area contributed by atoms with Crippen LogP contribution in [0.5, 0.6) is 11.8 Å². The van der Waals surface area contributed by atoms with Crippen molar-refractivity contribution in [1.82, 2.24) is 4.98 Å². The Morgan fingerprint density at radius 3 is 2.50 bits per heavy atom. The minimum atomic E-state index is -0.990. The lowest BCUT2D eigenvalue weighted by Crippen LogP contribution is -2.07. The summed E-state index contributed by atoms with van der Waals surface area (Å²) >= 11 is 6.53. The number of imidazole rings is 1. The third kappa shape index (κ3) is 3.82. The Kier molecular flexibility index (Phi) is 5.10. The van der Waals surface area contributed by atoms with Crippen LogP contribution in [-0.4, -0.2) is 30.2 Å². The predicted molar refractivity (Wildman–Crippen MR) is 118 cm³/mol. The molecule has 0 spiro atoms. The van der Waals surface area contributed by atoms with Crippen LogP contribution in [0.2, 0.25) is 5.02 Å². The molecule has 1 heterocycles. The van der Waals surface area contributed by atoms with Gasteiger partial charge in [0.25, 0.3) is 0 Å². The number of hydrogen-bond acceptors (Lipinski definition) is 3. The highest BCUT2D eigenvalue weighted by molar-refractivity contribution is 6.34. The SMILES string of the molecule is Cc1ccc(Oc2[nH]c3cc(Cl)c(-c4ccc(N(C)C)cc4)cc3[nH+]2)cc1C(=O)O. The van der Waals surface area contributed by atoms with E-state index in [2.05, 4.69) is 9.97 Å². The largest absolute Gasteiger partial charge is 0.478 e. The number of aromatic nitrogens is 2. The number of ether oxygens (including phenoxy) is 1. The fourth-order valence-electron chi connectivity index (χ4n) is 3.28. The van der Waals surface area contributed by atoms with Gasteiger partial charge in [0.15, 0.2) is 11.0 Å². The number of benzene rings is 3. The predicted octanol–water partition coefficient (Wildman–Crippen LogP) is 5.17. The number of H-pyrrole nitrogens is 2. The van der Waals surface area contributed by atoms with Crippen molar-refractivity contribution in [3.63, 3.8) is 0 Å². The van der Waals surface area contributed by atoms with Crippen LogP contribution < -0.4 is 14.6 Å². The lowest BCUT2D eigenvalue weighted by atomic mass is 10.0. The fourth-order valence-corrected chi connectivity index (χ4v) is 3.55. The van der Waals surface area contributed by atoms with Gasteiger partial charge in [-0.3, -0.25) is 0 Å². The number of nitrogens with zero attached hydrogens (tertiary/aromatic N) is 1. The molecule has 4 aromatic rings. The molecule has 0 unspecified atom stereocenters. The highest BCUT2D eigenvalue weighted by Crippen LogP contribution is 2.32. The van der Waals surface area contributed by atoms with E-state index in [1.165, 1.54) is 6.07 Å². The first-order valence-corrected chi connectivity index (χ1v) is 9.74. The van der Waals surface area contributed by atoms with E-state index in [1.54, 1.807) is 19.1 Å². The molecule has 0 fully saturated rings. The molecule has 0 saturated carbocycles. The zero-order valence-corrected chi connectivity index (χ0v) is 17.5. The zero-order chi connectivity index (χ0) is 21.4. The molecule has 0 aliphatic heterocycles. The topological polar surface area (TPSA) is 79.7 Å². The van der Waals surface area contributed by atoms with Crippen LogP contribution in [0.1, 0.15) is 15.9 Å². The first-order valence-electron chi connectivity index (χ1n) is 9.36. The maximum absolute atomic E-state index is 11.3. The molecule has 152 valence electrons. The standard InChI is InChI=1S/C23H20ClN3O3/c1-13-4-9-16(10-17(13)22(28)29)30-23-25-20-11-18(19(24)12-21(20)26-23)14-5-7-15(8-6-14)27(2)3/h4-12H,1-3H3,(H,25,26)(H,28,29)/p+1. The van der Waals surface area contributed by atoms with Crippen LogP contribution >= 0.6 is 11.6 Å². The van der Waals surface area contributed by atoms with Crippen molar-refractivity contribution in [2.24, 2.45) is 0 Å². The second-order valence-corrected chi connectivity index (χ2v) is 7.69. The number of aromatic amines is 2. The molecule has 1 aromatic heterocycles. The van der Waals surface area contributed by atoms with Gasteiger partial charge in [-0.1, -0.05) is 29.8 Å². The summed E-state index contributed by atoms with van der Waals surface area (Å²) in [6.45, 7) is 1.75. The Bertz CT molecular complexity index is 1250. The van der Waals surface area contributed by atoms with Crippen LogP contribution in [0.25, 0.3) is 22.2 Å². The van der Waals surface area contributed by atoms with Gasteiger partial charge in [0.2, 0.25) is 0 Å². The summed E-state index contributed by atoms with van der Waals surface area (Å²) in [5.41, 5.74) is 5.51. The summed E-state index contributed by atoms with van der Waals surface area (Å²) in [7, 11) is 4.00. The Morgan fingerprint density at radius 2 is 1.83 bits per heavy atom. The second-order valence-electron chi connectivity index (χ2n) is 7.28. The third-order valence-corrected chi connectivity index (χ3v) is 5.27. The van der Waals surface area contributed by atoms with Crippen LogP contribution in [0, 0.1) is 6.92 Å². The average Bonchev–Trinajstić information content (AvgIpc) is 3.09. The molecule has 3 aromatic carbocycles. The van der Waals surface area contributed by atoms with Crippen molar-refractivity contribution in [2.45, 2.75) is 6.92 Å². The highest BCUT2D eigenvalue weighted by Gasteiger charge is 2.17. The van der Waals surface area contributed by atoms with Gasteiger partial charge in [0, 0.05) is 31.4 Å². The van der Waals surface area contributed by atoms with Gasteiger partial charge < -0.3 is 14.7 Å². The van der Waals surface area contributed by atoms with E-state index in [0.29, 0.717) is 22.3 Å². The summed E-state index contributed by atoms with van der Waals surface area (Å²) in [6.07, 6.45) is 0. The highest BCUT2D eigenvalue weighted by atomic mass is 35.5. The molecule has 0 bridgehead atoms. The number of carboxylic acid groups (broad SMARTS) is 1. The molecule has 6 nitrogen and oxygen atoms in total. The fraction of sp³-hybridized carbons (Fsp3) is 0.130. The van der Waals surface area contributed by atoms with Gasteiger partial charge in [-0.15, -0.1) is 0 Å². The minimum Gasteiger partial charge on any atom is -0.478 e. The number of nitrogens with one attached hydrogen (secondary N) is 2. The molecular formula is C23H21ClN3O3+. The van der Waals surface area contributed by atoms with E-state index >= 15 is 0 Å². The molecule has 0 atom stereocenters. The van der Waals surface area contributed by atoms with Crippen LogP contribution in [0.3, 0.4) is 0 Å². The summed E-state index contributed by atoms with van der Waals surface area (Å²) < 4.78 is 5.81. The minimum absolute atomic E-state index is 0.204. The summed E-state index contributed by atoms with van der Waals surface area (Å²) in [5.74, 6) is -0.568. The Balaban J connectivity index is 1.67. The number of fused-ring (bicyclic) bond motifs is 1. The van der Waals surface area contributed by atoms with Crippen LogP contribution in [0.4, 0.5) is 5.69 Å². The number of carboxylic acids is 1. The zero-order valence-electron chi connectivity index (χ0n) is 16.8. The van der Waals surface area contributed by atoms with Crippen molar-refractivity contribution in [3.05, 3.63) is 70.7 Å². The average molecular weight is 423 g/mol. The van der Waals surface area contributed by atoms with Crippen LogP contribution in [0.15, 0.2) is 54.6 Å². The lowest BCUT2D eigenvalue weighted by Gasteiger charge is -2.13. The number of aromatic carboxylic acids is 1. The monoisotopic (exact) mass is 422 g/mol. The number of rotatable bonds is 5. The van der Waals surface area contributed by atoms with Crippen molar-refractivity contribution in [3.8, 4) is 22.9 Å². The molecule has 30 heavy (non-hydrogen) atoms. The van der Waals surface area contributed by atoms with E-state index in [0.717, 1.165) is 27.8 Å². The van der Waals surface area contributed by atoms with Crippen molar-refractivity contribution in [2.75, 3.05) is 19.0 Å². The van der Waals surface area contributed by atoms with Gasteiger partial charge >= 0.3 is 12.0 Å². The summed E-state index contributed by atoms with van der Waals surface area (Å²) in [6, 6.07) is 17.3. The van der Waals surface area contributed by atoms with E-state index in [-0.39, 0.29) is 5.56 Å². The van der Waals surface area contributed by atoms with E-state index in [9.17, 15) is 9.90 Å². The summed E-state index contributed by atoms with van der Waals surface area (Å²) in [5, 5.41) is 9.91. The first-order chi connectivity index (χ1) is 14.3. The van der Waals surface area contributed by atoms with Crippen LogP contribution in [-0.2, 0) is 0 Å². The first kappa shape index (κ1) is 19.8. The second kappa shape index (κ2) is 7.72. The maximum Gasteiger partial charge on any atom is 0.458 e. The summed E-state index contributed by atoms with van der Waals surface area (Å²) in [4.78, 5) is 19.7. The molecular weight excluding hydrogens is 402 g/mol. The number of hydrogen-bond donors (Lipinski definition) is 2. The third-order valence-electron chi connectivity index (χ3n) is 4.96. The Labute approximate surface area is 178 Å². The van der Waals surface area contributed by atoms with Crippen molar-refractivity contribution >= 4 is 34.3 Å². The van der Waals surface area contributed by atoms with E-state index in [1.807, 2.05) is 55.4 Å². The van der Waals surface area contributed by atoms with Crippen molar-refractivity contribution < 1.29 is 19.6 Å². The van der Waals surface area contributed by atoms with Gasteiger partial charge in [-0.05, 0) is 48.4 Å². The van der Waals surface area contributed by atoms with Gasteiger partial charge in [-0.25, -0.2) is 14.8 Å². The molecule has 3 N–H and O–H groups in total. The molecule has 7 heteroatoms. The van der Waals surface area contributed by atoms with Crippen molar-refractivity contribution in [1.29, 1.82) is 0 Å². The quantitative estimate of drug-likeness (QED) is 0.465. The smallest absolute Gasteiger partial charge is 0.458 e. The number of aryl methyl sites for hydroxylation is 1. The Morgan fingerprint density at radius 1 is 1.10 bits per heavy atom. The number of halogens is 1. The van der Waals surface area contributed by atoms with Gasteiger partial charge in [-0.2, -0.15) is 0 Å². The van der Waals surface area contributed by atoms with E-state index in [4.69, 9.17) is 16.3 Å². The molecule has 4 rings (SSSR count).